The van der Waals surface area contributed by atoms with Gasteiger partial charge in [0.1, 0.15) is 5.69 Å². The van der Waals surface area contributed by atoms with Crippen LogP contribution in [0.2, 0.25) is 0 Å². The minimum atomic E-state index is 0.780. The van der Waals surface area contributed by atoms with E-state index in [-0.39, 0.29) is 0 Å². The molecule has 0 radical (unpaired) electrons. The molecule has 130 valence electrons. The molecule has 0 aliphatic heterocycles. The number of hydrogen-bond acceptors (Lipinski definition) is 3. The predicted octanol–water partition coefficient (Wildman–Crippen LogP) is 6.04. The minimum Gasteiger partial charge on any atom is -0.437 e. The van der Waals surface area contributed by atoms with Crippen molar-refractivity contribution in [3.05, 3.63) is 79.3 Å². The summed E-state index contributed by atoms with van der Waals surface area (Å²) in [6, 6.07) is 20.8. The summed E-state index contributed by atoms with van der Waals surface area (Å²) in [4.78, 5) is 9.13. The van der Waals surface area contributed by atoms with Crippen molar-refractivity contribution < 1.29 is 4.42 Å². The number of nitrogens with zero attached hydrogens (tertiary/aromatic N) is 3. The summed E-state index contributed by atoms with van der Waals surface area (Å²) in [7, 11) is 0. The van der Waals surface area contributed by atoms with E-state index < -0.39 is 0 Å². The van der Waals surface area contributed by atoms with E-state index in [1.54, 1.807) is 0 Å². The van der Waals surface area contributed by atoms with E-state index in [4.69, 9.17) is 4.42 Å². The lowest BCUT2D eigenvalue weighted by molar-refractivity contribution is 0.614. The highest BCUT2D eigenvalue weighted by Gasteiger charge is 2.21. The molecule has 4 nitrogen and oxygen atoms in total. The van der Waals surface area contributed by atoms with Crippen molar-refractivity contribution in [1.29, 1.82) is 0 Å². The fraction of sp³-hybridized carbons (Fsp3) is 0. The summed E-state index contributed by atoms with van der Waals surface area (Å²) >= 11 is 0. The Labute approximate surface area is 159 Å². The minimum absolute atomic E-state index is 0.780. The number of para-hydroxylation sites is 1. The first-order valence-corrected chi connectivity index (χ1v) is 9.26. The fourth-order valence-electron chi connectivity index (χ4n) is 4.49. The lowest BCUT2D eigenvalue weighted by Crippen LogP contribution is -1.84. The van der Waals surface area contributed by atoms with Gasteiger partial charge in [-0.25, -0.2) is 0 Å². The smallest absolute Gasteiger partial charge is 0.213 e. The molecular weight excluding hydrogens is 346 g/mol. The first-order valence-electron chi connectivity index (χ1n) is 9.26. The van der Waals surface area contributed by atoms with Crippen LogP contribution in [-0.4, -0.2) is 14.4 Å². The van der Waals surface area contributed by atoms with E-state index in [2.05, 4.69) is 56.8 Å². The van der Waals surface area contributed by atoms with Gasteiger partial charge in [0.15, 0.2) is 5.76 Å². The number of furan rings is 1. The van der Waals surface area contributed by atoms with Gasteiger partial charge in [0.05, 0.1) is 16.4 Å². The van der Waals surface area contributed by atoms with Crippen LogP contribution in [0.1, 0.15) is 0 Å². The van der Waals surface area contributed by atoms with Crippen molar-refractivity contribution in [2.45, 2.75) is 0 Å². The molecule has 0 saturated carbocycles. The molecule has 0 aliphatic rings. The van der Waals surface area contributed by atoms with Gasteiger partial charge in [0.25, 0.3) is 0 Å². The Morgan fingerprint density at radius 1 is 0.750 bits per heavy atom. The van der Waals surface area contributed by atoms with Crippen LogP contribution < -0.4 is 0 Å². The molecule has 0 fully saturated rings. The molecule has 7 rings (SSSR count). The molecule has 0 N–H and O–H groups in total. The van der Waals surface area contributed by atoms with E-state index in [1.165, 1.54) is 10.9 Å². The van der Waals surface area contributed by atoms with Gasteiger partial charge in [-0.3, -0.25) is 14.4 Å². The molecule has 0 unspecified atom stereocenters. The van der Waals surface area contributed by atoms with Gasteiger partial charge >= 0.3 is 0 Å². The second-order valence-corrected chi connectivity index (χ2v) is 7.15. The summed E-state index contributed by atoms with van der Waals surface area (Å²) in [5.74, 6) is 0.780. The van der Waals surface area contributed by atoms with Crippen LogP contribution in [0.5, 0.6) is 0 Å². The monoisotopic (exact) mass is 359 g/mol. The highest BCUT2D eigenvalue weighted by atomic mass is 16.3. The number of benzene rings is 2. The zero-order valence-corrected chi connectivity index (χ0v) is 14.8. The van der Waals surface area contributed by atoms with Crippen LogP contribution in [0, 0.1) is 0 Å². The predicted molar refractivity (Wildman–Crippen MR) is 112 cm³/mol. The number of rotatable bonds is 1. The van der Waals surface area contributed by atoms with Crippen LogP contribution in [0.3, 0.4) is 0 Å². The maximum Gasteiger partial charge on any atom is 0.213 e. The molecule has 0 bridgehead atoms. The Balaban J connectivity index is 1.66. The number of pyridine rings is 2. The van der Waals surface area contributed by atoms with E-state index in [0.29, 0.717) is 0 Å². The van der Waals surface area contributed by atoms with Gasteiger partial charge in [-0.05, 0) is 23.6 Å². The largest absolute Gasteiger partial charge is 0.437 e. The number of hydrogen-bond donors (Lipinski definition) is 0. The highest BCUT2D eigenvalue weighted by molar-refractivity contribution is 6.22. The first kappa shape index (κ1) is 14.2. The molecule has 4 heteroatoms. The van der Waals surface area contributed by atoms with E-state index in [0.717, 1.165) is 49.6 Å². The van der Waals surface area contributed by atoms with Crippen LogP contribution in [-0.2, 0) is 0 Å². The van der Waals surface area contributed by atoms with Crippen LogP contribution >= 0.6 is 0 Å². The maximum atomic E-state index is 6.43. The van der Waals surface area contributed by atoms with Crippen molar-refractivity contribution >= 4 is 49.1 Å². The fourth-order valence-corrected chi connectivity index (χ4v) is 4.49. The lowest BCUT2D eigenvalue weighted by Gasteiger charge is -2.02. The third-order valence-electron chi connectivity index (χ3n) is 5.69. The molecule has 28 heavy (non-hydrogen) atoms. The second kappa shape index (κ2) is 4.87. The van der Waals surface area contributed by atoms with Gasteiger partial charge < -0.3 is 4.42 Å². The van der Waals surface area contributed by atoms with Crippen LogP contribution in [0.4, 0.5) is 0 Å². The van der Waals surface area contributed by atoms with Crippen molar-refractivity contribution in [3.63, 3.8) is 0 Å². The Kier molecular flexibility index (Phi) is 2.46. The average molecular weight is 359 g/mol. The Morgan fingerprint density at radius 3 is 2.46 bits per heavy atom. The van der Waals surface area contributed by atoms with Crippen molar-refractivity contribution in [2.24, 2.45) is 0 Å². The third-order valence-corrected chi connectivity index (χ3v) is 5.69. The molecule has 5 aromatic heterocycles. The molecule has 0 amide bonds. The zero-order chi connectivity index (χ0) is 18.2. The molecule has 5 heterocycles. The topological polar surface area (TPSA) is 43.3 Å². The molecule has 0 aliphatic carbocycles. The van der Waals surface area contributed by atoms with E-state index >= 15 is 0 Å². The second-order valence-electron chi connectivity index (χ2n) is 7.15. The normalized spacial score (nSPS) is 12.3. The Morgan fingerprint density at radius 2 is 1.54 bits per heavy atom. The van der Waals surface area contributed by atoms with E-state index in [1.807, 2.05) is 36.8 Å². The molecule has 0 saturated heterocycles. The summed E-state index contributed by atoms with van der Waals surface area (Å²) in [5, 5.41) is 6.77. The SMILES string of the molecule is c1ccc2c(-c3cc4c5cncc6c7ccccc7n(c4o3)c65)nccc2c1. The maximum absolute atomic E-state index is 6.43. The number of aromatic nitrogens is 3. The Hall–Kier alpha value is -3.92. The number of fused-ring (bicyclic) bond motifs is 7. The molecule has 2 aromatic carbocycles. The van der Waals surface area contributed by atoms with Gasteiger partial charge in [-0.1, -0.05) is 42.5 Å². The van der Waals surface area contributed by atoms with Gasteiger partial charge in [0, 0.05) is 40.1 Å². The third kappa shape index (κ3) is 1.61. The lowest BCUT2D eigenvalue weighted by atomic mass is 10.1. The van der Waals surface area contributed by atoms with Crippen LogP contribution in [0.25, 0.3) is 60.5 Å². The van der Waals surface area contributed by atoms with Crippen LogP contribution in [0.15, 0.2) is 83.7 Å². The van der Waals surface area contributed by atoms with E-state index in [9.17, 15) is 0 Å². The zero-order valence-electron chi connectivity index (χ0n) is 14.8. The van der Waals surface area contributed by atoms with Crippen molar-refractivity contribution in [1.82, 2.24) is 14.4 Å². The first-order chi connectivity index (χ1) is 13.9. The van der Waals surface area contributed by atoms with Gasteiger partial charge in [-0.15, -0.1) is 0 Å². The van der Waals surface area contributed by atoms with Crippen molar-refractivity contribution in [3.8, 4) is 11.5 Å². The Bertz CT molecular complexity index is 1670. The molecule has 0 atom stereocenters. The molecule has 0 spiro atoms. The summed E-state index contributed by atoms with van der Waals surface area (Å²) < 4.78 is 8.65. The summed E-state index contributed by atoms with van der Waals surface area (Å²) in [6.45, 7) is 0. The highest BCUT2D eigenvalue weighted by Crippen LogP contribution is 2.41. The standard InChI is InChI=1S/C24H13N3O/c1-2-6-15-14(5-1)9-10-26-22(15)21-11-17-19-13-25-12-18-16-7-3-4-8-20(16)27(23(18)19)24(17)28-21/h1-13H. The quantitative estimate of drug-likeness (QED) is 0.359. The molecule has 7 aromatic rings. The average Bonchev–Trinajstić information content (AvgIpc) is 3.40. The molecular formula is C24H13N3O. The van der Waals surface area contributed by atoms with Crippen molar-refractivity contribution in [2.75, 3.05) is 0 Å². The summed E-state index contributed by atoms with van der Waals surface area (Å²) in [5.41, 5.74) is 4.02. The summed E-state index contributed by atoms with van der Waals surface area (Å²) in [6.07, 6.45) is 5.71. The van der Waals surface area contributed by atoms with Gasteiger partial charge in [0.2, 0.25) is 5.71 Å². The van der Waals surface area contributed by atoms with Gasteiger partial charge in [-0.2, -0.15) is 0 Å².